The second-order valence-electron chi connectivity index (χ2n) is 4.74. The predicted molar refractivity (Wildman–Crippen MR) is 79.2 cm³/mol. The van der Waals surface area contributed by atoms with Gasteiger partial charge in [-0.3, -0.25) is 4.98 Å². The summed E-state index contributed by atoms with van der Waals surface area (Å²) in [6.45, 7) is 0.671. The number of nitrogens with zero attached hydrogens (tertiary/aromatic N) is 1. The number of hydrogen-bond acceptors (Lipinski definition) is 4. The number of nitrogens with one attached hydrogen (secondary N) is 1. The molecule has 0 amide bonds. The Balaban J connectivity index is 2.08. The van der Waals surface area contributed by atoms with E-state index in [1.165, 1.54) is 0 Å². The summed E-state index contributed by atoms with van der Waals surface area (Å²) in [5.74, 6) is 0. The van der Waals surface area contributed by atoms with E-state index in [9.17, 15) is 10.2 Å². The SMILES string of the molecule is CNCCC(O)C(O)c1ccc(-c2ccccn2)cc1. The van der Waals surface area contributed by atoms with Crippen LogP contribution in [0.25, 0.3) is 11.3 Å². The van der Waals surface area contributed by atoms with Gasteiger partial charge in [0.25, 0.3) is 0 Å². The smallest absolute Gasteiger partial charge is 0.105 e. The average Bonchev–Trinajstić information content (AvgIpc) is 2.53. The fraction of sp³-hybridized carbons (Fsp3) is 0.312. The highest BCUT2D eigenvalue weighted by molar-refractivity contribution is 5.59. The van der Waals surface area contributed by atoms with E-state index < -0.39 is 12.2 Å². The zero-order valence-corrected chi connectivity index (χ0v) is 11.5. The lowest BCUT2D eigenvalue weighted by molar-refractivity contribution is 0.0140. The van der Waals surface area contributed by atoms with E-state index in [0.29, 0.717) is 18.5 Å². The highest BCUT2D eigenvalue weighted by atomic mass is 16.3. The monoisotopic (exact) mass is 272 g/mol. The molecule has 0 aliphatic carbocycles. The van der Waals surface area contributed by atoms with Crippen LogP contribution in [-0.4, -0.2) is 34.9 Å². The molecule has 1 heterocycles. The summed E-state index contributed by atoms with van der Waals surface area (Å²) in [6.07, 6.45) is 0.642. The largest absolute Gasteiger partial charge is 0.390 e. The van der Waals surface area contributed by atoms with Gasteiger partial charge < -0.3 is 15.5 Å². The normalized spacial score (nSPS) is 13.9. The molecule has 1 aromatic heterocycles. The van der Waals surface area contributed by atoms with E-state index in [1.54, 1.807) is 6.20 Å². The van der Waals surface area contributed by atoms with Gasteiger partial charge in [0, 0.05) is 11.8 Å². The summed E-state index contributed by atoms with van der Waals surface area (Å²) in [6, 6.07) is 13.2. The molecule has 0 fully saturated rings. The predicted octanol–water partition coefficient (Wildman–Crippen LogP) is 1.75. The lowest BCUT2D eigenvalue weighted by atomic mass is 10.00. The van der Waals surface area contributed by atoms with Crippen LogP contribution < -0.4 is 5.32 Å². The third-order valence-electron chi connectivity index (χ3n) is 3.27. The second kappa shape index (κ2) is 7.14. The minimum absolute atomic E-state index is 0.514. The van der Waals surface area contributed by atoms with E-state index >= 15 is 0 Å². The number of hydrogen-bond donors (Lipinski definition) is 3. The molecule has 4 heteroatoms. The maximum Gasteiger partial charge on any atom is 0.105 e. The quantitative estimate of drug-likeness (QED) is 0.749. The first kappa shape index (κ1) is 14.7. The van der Waals surface area contributed by atoms with Gasteiger partial charge in [0.05, 0.1) is 11.8 Å². The van der Waals surface area contributed by atoms with Gasteiger partial charge in [-0.2, -0.15) is 0 Å². The summed E-state index contributed by atoms with van der Waals surface area (Å²) in [5, 5.41) is 22.9. The lowest BCUT2D eigenvalue weighted by Gasteiger charge is -2.18. The highest BCUT2D eigenvalue weighted by Crippen LogP contribution is 2.22. The molecule has 2 rings (SSSR count). The number of aromatic nitrogens is 1. The summed E-state index contributed by atoms with van der Waals surface area (Å²) >= 11 is 0. The van der Waals surface area contributed by atoms with Crippen molar-refractivity contribution in [3.8, 4) is 11.3 Å². The molecule has 0 bridgehead atoms. The summed E-state index contributed by atoms with van der Waals surface area (Å²) in [5.41, 5.74) is 2.60. The van der Waals surface area contributed by atoms with Gasteiger partial charge in [0.15, 0.2) is 0 Å². The fourth-order valence-corrected chi connectivity index (χ4v) is 2.06. The lowest BCUT2D eigenvalue weighted by Crippen LogP contribution is -2.23. The molecule has 1 aromatic carbocycles. The molecule has 2 aromatic rings. The van der Waals surface area contributed by atoms with Crippen LogP contribution in [0.1, 0.15) is 18.1 Å². The molecule has 0 saturated heterocycles. The first-order valence-electron chi connectivity index (χ1n) is 6.74. The Kier molecular flexibility index (Phi) is 5.24. The zero-order valence-electron chi connectivity index (χ0n) is 11.5. The number of aliphatic hydroxyl groups excluding tert-OH is 2. The van der Waals surface area contributed by atoms with Gasteiger partial charge in [-0.25, -0.2) is 0 Å². The minimum Gasteiger partial charge on any atom is -0.390 e. The van der Waals surface area contributed by atoms with E-state index in [4.69, 9.17) is 0 Å². The Bertz CT molecular complexity index is 514. The molecule has 2 atom stereocenters. The van der Waals surface area contributed by atoms with Crippen LogP contribution in [0.15, 0.2) is 48.7 Å². The van der Waals surface area contributed by atoms with Gasteiger partial charge in [-0.15, -0.1) is 0 Å². The summed E-state index contributed by atoms with van der Waals surface area (Å²) in [4.78, 5) is 4.28. The van der Waals surface area contributed by atoms with Gasteiger partial charge in [0.2, 0.25) is 0 Å². The average molecular weight is 272 g/mol. The minimum atomic E-state index is -0.860. The van der Waals surface area contributed by atoms with Crippen molar-refractivity contribution in [3.63, 3.8) is 0 Å². The molecule has 2 unspecified atom stereocenters. The maximum absolute atomic E-state index is 10.1. The zero-order chi connectivity index (χ0) is 14.4. The third kappa shape index (κ3) is 3.63. The van der Waals surface area contributed by atoms with Crippen molar-refractivity contribution in [2.24, 2.45) is 0 Å². The second-order valence-corrected chi connectivity index (χ2v) is 4.74. The molecular formula is C16H20N2O2. The van der Waals surface area contributed by atoms with Crippen molar-refractivity contribution < 1.29 is 10.2 Å². The van der Waals surface area contributed by atoms with Crippen molar-refractivity contribution in [2.75, 3.05) is 13.6 Å². The van der Waals surface area contributed by atoms with Crippen molar-refractivity contribution in [1.82, 2.24) is 10.3 Å². The van der Waals surface area contributed by atoms with E-state index in [-0.39, 0.29) is 0 Å². The number of benzene rings is 1. The number of aliphatic hydroxyl groups is 2. The Morgan fingerprint density at radius 1 is 1.10 bits per heavy atom. The van der Waals surface area contributed by atoms with Gasteiger partial charge in [-0.05, 0) is 37.7 Å². The van der Waals surface area contributed by atoms with Crippen LogP contribution in [-0.2, 0) is 0 Å². The molecule has 20 heavy (non-hydrogen) atoms. The van der Waals surface area contributed by atoms with Crippen molar-refractivity contribution in [3.05, 3.63) is 54.2 Å². The van der Waals surface area contributed by atoms with Gasteiger partial charge in [-0.1, -0.05) is 30.3 Å². The van der Waals surface area contributed by atoms with Crippen LogP contribution in [0, 0.1) is 0 Å². The summed E-state index contributed by atoms with van der Waals surface area (Å²) < 4.78 is 0. The van der Waals surface area contributed by atoms with Crippen LogP contribution in [0.2, 0.25) is 0 Å². The summed E-state index contributed by atoms with van der Waals surface area (Å²) in [7, 11) is 1.82. The molecule has 0 saturated carbocycles. The Morgan fingerprint density at radius 3 is 2.45 bits per heavy atom. The highest BCUT2D eigenvalue weighted by Gasteiger charge is 2.17. The van der Waals surface area contributed by atoms with E-state index in [2.05, 4.69) is 10.3 Å². The molecule has 4 nitrogen and oxygen atoms in total. The van der Waals surface area contributed by atoms with Gasteiger partial charge in [0.1, 0.15) is 6.10 Å². The van der Waals surface area contributed by atoms with Crippen molar-refractivity contribution in [1.29, 1.82) is 0 Å². The van der Waals surface area contributed by atoms with Crippen LogP contribution >= 0.6 is 0 Å². The number of pyridine rings is 1. The molecule has 3 N–H and O–H groups in total. The van der Waals surface area contributed by atoms with Crippen molar-refractivity contribution >= 4 is 0 Å². The Labute approximate surface area is 119 Å². The van der Waals surface area contributed by atoms with Crippen LogP contribution in [0.4, 0.5) is 0 Å². The Hall–Kier alpha value is -1.75. The van der Waals surface area contributed by atoms with E-state index in [1.807, 2.05) is 49.5 Å². The molecule has 0 aliphatic heterocycles. The first-order valence-corrected chi connectivity index (χ1v) is 6.74. The van der Waals surface area contributed by atoms with E-state index in [0.717, 1.165) is 11.3 Å². The van der Waals surface area contributed by atoms with Crippen molar-refractivity contribution in [2.45, 2.75) is 18.6 Å². The number of rotatable bonds is 6. The van der Waals surface area contributed by atoms with Crippen LogP contribution in [0.3, 0.4) is 0 Å². The molecule has 0 aliphatic rings. The molecular weight excluding hydrogens is 252 g/mol. The Morgan fingerprint density at radius 2 is 1.85 bits per heavy atom. The first-order chi connectivity index (χ1) is 9.72. The molecule has 0 spiro atoms. The molecule has 106 valence electrons. The molecule has 0 radical (unpaired) electrons. The van der Waals surface area contributed by atoms with Gasteiger partial charge >= 0.3 is 0 Å². The fourth-order valence-electron chi connectivity index (χ4n) is 2.06. The third-order valence-corrected chi connectivity index (χ3v) is 3.27. The van der Waals surface area contributed by atoms with Crippen LogP contribution in [0.5, 0.6) is 0 Å². The maximum atomic E-state index is 10.1. The standard InChI is InChI=1S/C16H20N2O2/c1-17-11-9-15(19)16(20)13-7-5-12(6-8-13)14-4-2-3-10-18-14/h2-8,10,15-17,19-20H,9,11H2,1H3. The topological polar surface area (TPSA) is 65.4 Å².